The molecule has 0 aromatic heterocycles. The maximum atomic E-state index is 13.0. The number of phenols is 1. The predicted molar refractivity (Wildman–Crippen MR) is 139 cm³/mol. The molecule has 9 nitrogen and oxygen atoms in total. The summed E-state index contributed by atoms with van der Waals surface area (Å²) in [5.41, 5.74) is -0.457. The van der Waals surface area contributed by atoms with Crippen molar-refractivity contribution < 1.29 is 19.4 Å². The number of ether oxygens (including phenoxy) is 1. The van der Waals surface area contributed by atoms with Gasteiger partial charge in [-0.05, 0) is 42.2 Å². The number of hydrogen-bond acceptors (Lipinski definition) is 8. The number of nitrogens with one attached hydrogen (secondary N) is 2. The summed E-state index contributed by atoms with van der Waals surface area (Å²) in [7, 11) is 4.69. The smallest absolute Gasteiger partial charge is 0.257 e. The zero-order valence-electron chi connectivity index (χ0n) is 21.0. The van der Waals surface area contributed by atoms with Crippen LogP contribution in [0.3, 0.4) is 0 Å². The Morgan fingerprint density at radius 2 is 1.64 bits per heavy atom. The number of ketones is 1. The lowest BCUT2D eigenvalue weighted by atomic mass is 9.94. The number of para-hydroxylation sites is 1. The van der Waals surface area contributed by atoms with Gasteiger partial charge in [-0.15, -0.1) is 0 Å². The highest BCUT2D eigenvalue weighted by Crippen LogP contribution is 2.32. The molecule has 0 saturated heterocycles. The van der Waals surface area contributed by atoms with Crippen LogP contribution in [0, 0.1) is 5.92 Å². The number of hydrogen-bond donors (Lipinski definition) is 3. The van der Waals surface area contributed by atoms with Crippen LogP contribution >= 0.6 is 0 Å². The van der Waals surface area contributed by atoms with E-state index in [1.54, 1.807) is 27.3 Å². The quantitative estimate of drug-likeness (QED) is 0.275. The van der Waals surface area contributed by atoms with E-state index in [9.17, 15) is 24.3 Å². The summed E-state index contributed by atoms with van der Waals surface area (Å²) in [6.07, 6.45) is 0.765. The van der Waals surface area contributed by atoms with E-state index < -0.39 is 22.8 Å². The lowest BCUT2D eigenvalue weighted by Gasteiger charge is -2.25. The number of nitrogens with zero attached hydrogens (tertiary/aromatic N) is 1. The first kappa shape index (κ1) is 26.5. The van der Waals surface area contributed by atoms with Crippen LogP contribution in [0.2, 0.25) is 0 Å². The Kier molecular flexibility index (Phi) is 8.14. The van der Waals surface area contributed by atoms with E-state index in [4.69, 9.17) is 4.74 Å². The van der Waals surface area contributed by atoms with Gasteiger partial charge in [0.15, 0.2) is 11.5 Å². The molecule has 0 fully saturated rings. The van der Waals surface area contributed by atoms with Gasteiger partial charge in [-0.1, -0.05) is 32.0 Å². The van der Waals surface area contributed by atoms with E-state index in [0.29, 0.717) is 6.42 Å². The van der Waals surface area contributed by atoms with Crippen LogP contribution in [0.4, 0.5) is 17.1 Å². The second-order valence-electron chi connectivity index (χ2n) is 9.11. The molecule has 1 amide bonds. The highest BCUT2D eigenvalue weighted by atomic mass is 16.5. The van der Waals surface area contributed by atoms with Crippen molar-refractivity contribution in [2.45, 2.75) is 32.7 Å². The number of Topliss-reactive ketones (excluding diaryl/α,β-unsaturated/α-hetero) is 1. The molecule has 190 valence electrons. The molecule has 3 aromatic carbocycles. The number of carbonyl (C=O) groups is 2. The SMILES string of the molecule is COc1ccc(CCC(=O)[C@H](Nc2c(Nc3cccc(C(=O)N(C)C)c3O)c(=O)c2=O)C(C)C)cc1. The number of rotatable bonds is 11. The number of anilines is 3. The Balaban J connectivity index is 1.78. The molecule has 1 atom stereocenters. The minimum atomic E-state index is -0.769. The van der Waals surface area contributed by atoms with Crippen LogP contribution < -0.4 is 26.2 Å². The molecule has 9 heteroatoms. The number of phenolic OH excluding ortho intramolecular Hbond substituents is 1. The normalized spacial score (nSPS) is 11.8. The number of aryl methyl sites for hydroxylation is 1. The fourth-order valence-electron chi connectivity index (χ4n) is 3.83. The fourth-order valence-corrected chi connectivity index (χ4v) is 3.83. The topological polar surface area (TPSA) is 125 Å². The number of methoxy groups -OCH3 is 1. The fraction of sp³-hybridized carbons (Fsp3) is 0.333. The van der Waals surface area contributed by atoms with Crippen molar-refractivity contribution in [1.29, 1.82) is 0 Å². The third-order valence-electron chi connectivity index (χ3n) is 5.98. The predicted octanol–water partition coefficient (Wildman–Crippen LogP) is 3.08. The molecule has 0 aliphatic heterocycles. The molecule has 0 heterocycles. The first-order valence-corrected chi connectivity index (χ1v) is 11.6. The molecule has 0 spiro atoms. The summed E-state index contributed by atoms with van der Waals surface area (Å²) < 4.78 is 5.15. The second kappa shape index (κ2) is 11.1. The Hall–Kier alpha value is -4.14. The minimum Gasteiger partial charge on any atom is -0.505 e. The summed E-state index contributed by atoms with van der Waals surface area (Å²) in [5.74, 6) is -0.274. The van der Waals surface area contributed by atoms with Gasteiger partial charge in [-0.25, -0.2) is 0 Å². The van der Waals surface area contributed by atoms with Crippen LogP contribution in [0.5, 0.6) is 11.5 Å². The molecule has 0 saturated carbocycles. The lowest BCUT2D eigenvalue weighted by molar-refractivity contribution is -0.120. The molecule has 0 aliphatic rings. The van der Waals surface area contributed by atoms with E-state index >= 15 is 0 Å². The zero-order chi connectivity index (χ0) is 26.6. The summed E-state index contributed by atoms with van der Waals surface area (Å²) in [5, 5.41) is 16.3. The van der Waals surface area contributed by atoms with Crippen LogP contribution in [0.25, 0.3) is 0 Å². The molecule has 3 N–H and O–H groups in total. The average Bonchev–Trinajstić information content (AvgIpc) is 2.86. The first-order valence-electron chi connectivity index (χ1n) is 11.6. The third-order valence-corrected chi connectivity index (χ3v) is 5.98. The molecular weight excluding hydrogens is 462 g/mol. The van der Waals surface area contributed by atoms with Gasteiger partial charge in [0.1, 0.15) is 17.1 Å². The molecule has 0 bridgehead atoms. The Labute approximate surface area is 209 Å². The maximum absolute atomic E-state index is 13.0. The van der Waals surface area contributed by atoms with Crippen LogP contribution in [0.15, 0.2) is 52.1 Å². The lowest BCUT2D eigenvalue weighted by Crippen LogP contribution is -2.43. The van der Waals surface area contributed by atoms with Crippen molar-refractivity contribution in [3.63, 3.8) is 0 Å². The first-order chi connectivity index (χ1) is 17.0. The minimum absolute atomic E-state index is 0.0137. The van der Waals surface area contributed by atoms with Crippen molar-refractivity contribution in [2.24, 2.45) is 5.92 Å². The third kappa shape index (κ3) is 5.56. The average molecular weight is 494 g/mol. The largest absolute Gasteiger partial charge is 0.505 e. The Morgan fingerprint density at radius 3 is 2.22 bits per heavy atom. The number of aromatic hydroxyl groups is 1. The van der Waals surface area contributed by atoms with Gasteiger partial charge in [-0.2, -0.15) is 0 Å². The number of amides is 1. The van der Waals surface area contributed by atoms with Gasteiger partial charge < -0.3 is 25.4 Å². The van der Waals surface area contributed by atoms with E-state index in [-0.39, 0.29) is 46.5 Å². The van der Waals surface area contributed by atoms with E-state index in [1.165, 1.54) is 17.0 Å². The summed E-state index contributed by atoms with van der Waals surface area (Å²) in [6, 6.07) is 11.3. The van der Waals surface area contributed by atoms with E-state index in [1.807, 2.05) is 38.1 Å². The Morgan fingerprint density at radius 1 is 1.00 bits per heavy atom. The van der Waals surface area contributed by atoms with Crippen LogP contribution in [-0.2, 0) is 11.2 Å². The van der Waals surface area contributed by atoms with Gasteiger partial charge in [-0.3, -0.25) is 19.2 Å². The van der Waals surface area contributed by atoms with Gasteiger partial charge in [0, 0.05) is 20.5 Å². The van der Waals surface area contributed by atoms with Crippen molar-refractivity contribution in [3.8, 4) is 11.5 Å². The summed E-state index contributed by atoms with van der Waals surface area (Å²) >= 11 is 0. The van der Waals surface area contributed by atoms with Crippen molar-refractivity contribution in [3.05, 3.63) is 74.0 Å². The van der Waals surface area contributed by atoms with Crippen molar-refractivity contribution in [2.75, 3.05) is 31.8 Å². The molecule has 0 aliphatic carbocycles. The molecular formula is C27H31N3O6. The molecule has 3 rings (SSSR count). The maximum Gasteiger partial charge on any atom is 0.257 e. The molecule has 0 unspecified atom stereocenters. The van der Waals surface area contributed by atoms with Crippen molar-refractivity contribution in [1.82, 2.24) is 4.90 Å². The standard InChI is InChI=1S/C27H31N3O6/c1-15(2)21(20(31)14-11-16-9-12-17(36-5)13-10-16)29-23-22(25(33)26(23)34)28-19-8-6-7-18(24(19)32)27(35)30(3)4/h6-10,12-13,15,21,28-29,32H,11,14H2,1-5H3/t21-/m1/s1. The van der Waals surface area contributed by atoms with Crippen LogP contribution in [0.1, 0.15) is 36.2 Å². The summed E-state index contributed by atoms with van der Waals surface area (Å²) in [6.45, 7) is 3.70. The Bertz CT molecular complexity index is 1320. The van der Waals surface area contributed by atoms with Gasteiger partial charge in [0.2, 0.25) is 0 Å². The highest BCUT2D eigenvalue weighted by molar-refractivity contribution is 5.99. The van der Waals surface area contributed by atoms with Gasteiger partial charge in [0.05, 0.1) is 24.4 Å². The summed E-state index contributed by atoms with van der Waals surface area (Å²) in [4.78, 5) is 51.4. The highest BCUT2D eigenvalue weighted by Gasteiger charge is 2.29. The molecule has 36 heavy (non-hydrogen) atoms. The van der Waals surface area contributed by atoms with Crippen molar-refractivity contribution >= 4 is 28.8 Å². The number of benzene rings is 2. The van der Waals surface area contributed by atoms with Gasteiger partial charge >= 0.3 is 0 Å². The van der Waals surface area contributed by atoms with E-state index in [0.717, 1.165) is 11.3 Å². The second-order valence-corrected chi connectivity index (χ2v) is 9.11. The molecule has 0 radical (unpaired) electrons. The van der Waals surface area contributed by atoms with E-state index in [2.05, 4.69) is 10.6 Å². The number of carbonyl (C=O) groups excluding carboxylic acids is 2. The van der Waals surface area contributed by atoms with Crippen LogP contribution in [-0.4, -0.2) is 48.9 Å². The zero-order valence-corrected chi connectivity index (χ0v) is 21.0. The van der Waals surface area contributed by atoms with Gasteiger partial charge in [0.25, 0.3) is 16.8 Å². The monoisotopic (exact) mass is 493 g/mol. The molecule has 3 aromatic rings.